The minimum atomic E-state index is -0.0430. The van der Waals surface area contributed by atoms with Crippen LogP contribution in [0, 0.1) is 11.3 Å². The number of hydrogen-bond acceptors (Lipinski definition) is 4. The Hall–Kier alpha value is -0.730. The van der Waals surface area contributed by atoms with Crippen molar-refractivity contribution < 1.29 is 4.79 Å². The predicted octanol–water partition coefficient (Wildman–Crippen LogP) is 0.747. The molecule has 0 spiro atoms. The number of nitrogens with one attached hydrogen (secondary N) is 2. The van der Waals surface area contributed by atoms with E-state index < -0.39 is 0 Å². The lowest BCUT2D eigenvalue weighted by atomic mass is 10.4. The summed E-state index contributed by atoms with van der Waals surface area (Å²) in [5.41, 5.74) is 0. The molecule has 0 aromatic carbocycles. The third-order valence-corrected chi connectivity index (χ3v) is 2.89. The van der Waals surface area contributed by atoms with Gasteiger partial charge in [0.05, 0.1) is 19.0 Å². The second-order valence-electron chi connectivity index (χ2n) is 3.20. The van der Waals surface area contributed by atoms with Gasteiger partial charge in [-0.2, -0.15) is 17.0 Å². The van der Waals surface area contributed by atoms with E-state index in [2.05, 4.69) is 24.5 Å². The molecular weight excluding hydrogens is 210 g/mol. The Morgan fingerprint density at radius 2 is 2.33 bits per heavy atom. The summed E-state index contributed by atoms with van der Waals surface area (Å²) in [6.45, 7) is 4.95. The molecule has 0 saturated heterocycles. The highest BCUT2D eigenvalue weighted by molar-refractivity contribution is 7.99. The molecule has 0 aliphatic carbocycles. The van der Waals surface area contributed by atoms with Gasteiger partial charge in [0.25, 0.3) is 0 Å². The number of carbonyl (C=O) groups excluding carboxylic acids is 1. The lowest BCUT2D eigenvalue weighted by Gasteiger charge is -2.12. The van der Waals surface area contributed by atoms with Gasteiger partial charge in [0.15, 0.2) is 0 Å². The van der Waals surface area contributed by atoms with Gasteiger partial charge in [0.1, 0.15) is 0 Å². The van der Waals surface area contributed by atoms with Gasteiger partial charge in [-0.1, -0.05) is 6.92 Å². The number of thioether (sulfide) groups is 1. The maximum atomic E-state index is 11.2. The molecule has 0 saturated carbocycles. The van der Waals surface area contributed by atoms with Crippen LogP contribution in [-0.2, 0) is 4.79 Å². The van der Waals surface area contributed by atoms with Crippen molar-refractivity contribution in [2.75, 3.05) is 24.6 Å². The van der Waals surface area contributed by atoms with Crippen LogP contribution in [0.5, 0.6) is 0 Å². The Morgan fingerprint density at radius 3 is 2.93 bits per heavy atom. The van der Waals surface area contributed by atoms with E-state index in [1.807, 2.05) is 17.8 Å². The van der Waals surface area contributed by atoms with Gasteiger partial charge >= 0.3 is 0 Å². The van der Waals surface area contributed by atoms with Gasteiger partial charge in [-0.05, 0) is 12.7 Å². The zero-order valence-electron chi connectivity index (χ0n) is 9.38. The summed E-state index contributed by atoms with van der Waals surface area (Å²) in [6, 6.07) is 2.32. The fourth-order valence-electron chi connectivity index (χ4n) is 0.941. The van der Waals surface area contributed by atoms with Gasteiger partial charge in [0.2, 0.25) is 5.91 Å². The average Bonchev–Trinajstić information content (AvgIpc) is 2.24. The summed E-state index contributed by atoms with van der Waals surface area (Å²) in [7, 11) is 0. The van der Waals surface area contributed by atoms with Crippen LogP contribution < -0.4 is 10.6 Å². The van der Waals surface area contributed by atoms with Crippen molar-refractivity contribution in [3.05, 3.63) is 0 Å². The van der Waals surface area contributed by atoms with Crippen LogP contribution >= 0.6 is 11.8 Å². The van der Waals surface area contributed by atoms with E-state index in [0.717, 1.165) is 11.5 Å². The number of nitrogens with zero attached hydrogens (tertiary/aromatic N) is 1. The van der Waals surface area contributed by atoms with Gasteiger partial charge < -0.3 is 10.6 Å². The Bertz CT molecular complexity index is 215. The number of carbonyl (C=O) groups is 1. The van der Waals surface area contributed by atoms with E-state index in [0.29, 0.717) is 25.6 Å². The molecule has 86 valence electrons. The molecule has 0 aliphatic heterocycles. The van der Waals surface area contributed by atoms with Gasteiger partial charge in [0, 0.05) is 18.3 Å². The molecule has 0 heterocycles. The second-order valence-corrected chi connectivity index (χ2v) is 4.52. The molecule has 1 amide bonds. The highest BCUT2D eigenvalue weighted by Crippen LogP contribution is 2.00. The molecule has 1 unspecified atom stereocenters. The Labute approximate surface area is 95.8 Å². The summed E-state index contributed by atoms with van der Waals surface area (Å²) in [5, 5.41) is 14.1. The molecule has 0 bridgehead atoms. The summed E-state index contributed by atoms with van der Waals surface area (Å²) < 4.78 is 0. The topological polar surface area (TPSA) is 64.9 Å². The lowest BCUT2D eigenvalue weighted by Crippen LogP contribution is -2.39. The fourth-order valence-corrected chi connectivity index (χ4v) is 1.65. The molecular formula is C10H19N3OS. The number of amides is 1. The van der Waals surface area contributed by atoms with Crippen molar-refractivity contribution in [1.82, 2.24) is 10.6 Å². The van der Waals surface area contributed by atoms with E-state index in [4.69, 9.17) is 5.26 Å². The molecule has 0 aliphatic rings. The highest BCUT2D eigenvalue weighted by Gasteiger charge is 2.04. The summed E-state index contributed by atoms with van der Waals surface area (Å²) >= 11 is 1.85. The van der Waals surface area contributed by atoms with E-state index in [1.165, 1.54) is 0 Å². The Morgan fingerprint density at radius 1 is 1.60 bits per heavy atom. The number of hydrogen-bond donors (Lipinski definition) is 2. The first-order chi connectivity index (χ1) is 7.20. The van der Waals surface area contributed by atoms with Crippen molar-refractivity contribution in [3.63, 3.8) is 0 Å². The van der Waals surface area contributed by atoms with Crippen LogP contribution in [-0.4, -0.2) is 36.5 Å². The SMILES string of the molecule is CCSCC(C)NCC(=O)NCCC#N. The summed E-state index contributed by atoms with van der Waals surface area (Å²) in [6.07, 6.45) is 0.368. The van der Waals surface area contributed by atoms with E-state index >= 15 is 0 Å². The summed E-state index contributed by atoms with van der Waals surface area (Å²) in [4.78, 5) is 11.2. The molecule has 4 nitrogen and oxygen atoms in total. The first kappa shape index (κ1) is 14.3. The first-order valence-electron chi connectivity index (χ1n) is 5.15. The quantitative estimate of drug-likeness (QED) is 0.603. The molecule has 15 heavy (non-hydrogen) atoms. The maximum Gasteiger partial charge on any atom is 0.233 e. The molecule has 5 heteroatoms. The molecule has 0 aromatic heterocycles. The van der Waals surface area contributed by atoms with Crippen molar-refractivity contribution in [1.29, 1.82) is 5.26 Å². The second kappa shape index (κ2) is 9.81. The zero-order valence-corrected chi connectivity index (χ0v) is 10.2. The van der Waals surface area contributed by atoms with Crippen LogP contribution in [0.4, 0.5) is 0 Å². The maximum absolute atomic E-state index is 11.2. The van der Waals surface area contributed by atoms with Crippen LogP contribution in [0.15, 0.2) is 0 Å². The largest absolute Gasteiger partial charge is 0.354 e. The average molecular weight is 229 g/mol. The van der Waals surface area contributed by atoms with Crippen LogP contribution in [0.3, 0.4) is 0 Å². The first-order valence-corrected chi connectivity index (χ1v) is 6.31. The Balaban J connectivity index is 3.41. The lowest BCUT2D eigenvalue weighted by molar-refractivity contribution is -0.120. The zero-order chi connectivity index (χ0) is 11.5. The fraction of sp³-hybridized carbons (Fsp3) is 0.800. The standard InChI is InChI=1S/C10H19N3OS/c1-3-15-8-9(2)13-7-10(14)12-6-4-5-11/h9,13H,3-4,6-8H2,1-2H3,(H,12,14). The monoisotopic (exact) mass is 229 g/mol. The van der Waals surface area contributed by atoms with Crippen molar-refractivity contribution in [2.45, 2.75) is 26.3 Å². The van der Waals surface area contributed by atoms with E-state index in [-0.39, 0.29) is 5.91 Å². The summed E-state index contributed by atoms with van der Waals surface area (Å²) in [5.74, 6) is 2.07. The molecule has 0 rings (SSSR count). The van der Waals surface area contributed by atoms with Crippen LogP contribution in [0.1, 0.15) is 20.3 Å². The third kappa shape index (κ3) is 9.57. The van der Waals surface area contributed by atoms with Gasteiger partial charge in [-0.15, -0.1) is 0 Å². The van der Waals surface area contributed by atoms with Crippen molar-refractivity contribution >= 4 is 17.7 Å². The van der Waals surface area contributed by atoms with Crippen molar-refractivity contribution in [3.8, 4) is 6.07 Å². The number of nitriles is 1. The number of rotatable bonds is 8. The minimum Gasteiger partial charge on any atom is -0.354 e. The highest BCUT2D eigenvalue weighted by atomic mass is 32.2. The van der Waals surface area contributed by atoms with Crippen LogP contribution in [0.25, 0.3) is 0 Å². The van der Waals surface area contributed by atoms with Crippen LogP contribution in [0.2, 0.25) is 0 Å². The molecule has 0 radical (unpaired) electrons. The molecule has 1 atom stereocenters. The van der Waals surface area contributed by atoms with E-state index in [1.54, 1.807) is 0 Å². The van der Waals surface area contributed by atoms with Crippen molar-refractivity contribution in [2.24, 2.45) is 0 Å². The molecule has 0 aromatic rings. The molecule has 2 N–H and O–H groups in total. The van der Waals surface area contributed by atoms with Gasteiger partial charge in [-0.3, -0.25) is 4.79 Å². The Kier molecular flexibility index (Phi) is 9.33. The predicted molar refractivity (Wildman–Crippen MR) is 63.7 cm³/mol. The smallest absolute Gasteiger partial charge is 0.233 e. The normalized spacial score (nSPS) is 11.8. The van der Waals surface area contributed by atoms with E-state index in [9.17, 15) is 4.79 Å². The third-order valence-electron chi connectivity index (χ3n) is 1.74. The van der Waals surface area contributed by atoms with Gasteiger partial charge in [-0.25, -0.2) is 0 Å². The molecule has 0 fully saturated rings. The minimum absolute atomic E-state index is 0.0430.